The van der Waals surface area contributed by atoms with Gasteiger partial charge in [-0.05, 0) is 73.5 Å². The van der Waals surface area contributed by atoms with Gasteiger partial charge in [-0.25, -0.2) is 0 Å². The summed E-state index contributed by atoms with van der Waals surface area (Å²) in [5, 5.41) is 10.4. The zero-order valence-electron chi connectivity index (χ0n) is 15.4. The second-order valence-electron chi connectivity index (χ2n) is 9.90. The first kappa shape index (κ1) is 16.6. The number of hydrogen-bond donors (Lipinski definition) is 1. The van der Waals surface area contributed by atoms with Crippen molar-refractivity contribution in [3.63, 3.8) is 0 Å². The van der Waals surface area contributed by atoms with Crippen molar-refractivity contribution < 1.29 is 9.90 Å². The molecule has 0 heterocycles. The fourth-order valence-electron chi connectivity index (χ4n) is 7.55. The molecule has 0 aromatic rings. The van der Waals surface area contributed by atoms with Crippen LogP contribution in [0.2, 0.25) is 0 Å². The van der Waals surface area contributed by atoms with Gasteiger partial charge in [-0.1, -0.05) is 20.8 Å². The third kappa shape index (κ3) is 2.03. The van der Waals surface area contributed by atoms with E-state index in [9.17, 15) is 9.90 Å². The maximum absolute atomic E-state index is 12.6. The second kappa shape index (κ2) is 5.34. The van der Waals surface area contributed by atoms with Crippen LogP contribution in [0.4, 0.5) is 0 Å². The first-order valence-corrected chi connectivity index (χ1v) is 9.98. The molecule has 0 aromatic heterocycles. The number of aliphatic hydroxyl groups is 1. The number of rotatable bonds is 0. The Balaban J connectivity index is 1.73. The van der Waals surface area contributed by atoms with Crippen molar-refractivity contribution in [1.29, 1.82) is 0 Å². The summed E-state index contributed by atoms with van der Waals surface area (Å²) in [5.41, 5.74) is 0.183. The topological polar surface area (TPSA) is 37.3 Å². The fourth-order valence-corrected chi connectivity index (χ4v) is 7.55. The van der Waals surface area contributed by atoms with Crippen LogP contribution in [0.3, 0.4) is 0 Å². The fraction of sp³-hybridized carbons (Fsp3) is 0.864. The molecule has 9 atom stereocenters. The molecule has 0 aromatic carbocycles. The largest absolute Gasteiger partial charge is 0.393 e. The van der Waals surface area contributed by atoms with E-state index in [1.807, 2.05) is 0 Å². The summed E-state index contributed by atoms with van der Waals surface area (Å²) in [6, 6.07) is 0. The van der Waals surface area contributed by atoms with Gasteiger partial charge >= 0.3 is 0 Å². The first-order chi connectivity index (χ1) is 11.3. The summed E-state index contributed by atoms with van der Waals surface area (Å²) in [6.07, 6.45) is 12.9. The molecule has 0 spiro atoms. The minimum Gasteiger partial charge on any atom is -0.393 e. The van der Waals surface area contributed by atoms with Crippen molar-refractivity contribution in [2.24, 2.45) is 46.3 Å². The Labute approximate surface area is 146 Å². The number of carbonyl (C=O) groups is 1. The molecule has 0 radical (unpaired) electrons. The van der Waals surface area contributed by atoms with Gasteiger partial charge < -0.3 is 5.11 Å². The predicted octanol–water partition coefficient (Wildman–Crippen LogP) is 4.06. The molecule has 24 heavy (non-hydrogen) atoms. The van der Waals surface area contributed by atoms with Gasteiger partial charge in [-0.3, -0.25) is 4.79 Å². The van der Waals surface area contributed by atoms with E-state index in [2.05, 4.69) is 26.7 Å². The Hall–Kier alpha value is -0.810. The molecule has 0 aliphatic heterocycles. The number of carbonyl (C=O) groups excluding carboxylic acids is 1. The number of Topliss-reactive ketones (excluding diaryl/α,β-unsaturated/α-hetero) is 1. The molecule has 2 heteroatoms. The first-order valence-electron chi connectivity index (χ1n) is 9.98. The quantitative estimate of drug-likeness (QED) is 0.681. The van der Waals surface area contributed by atoms with Crippen molar-refractivity contribution in [3.8, 4) is 12.3 Å². The molecular formula is C22H32O2. The average Bonchev–Trinajstić information content (AvgIpc) is 2.84. The molecule has 4 aliphatic rings. The monoisotopic (exact) mass is 328 g/mol. The lowest BCUT2D eigenvalue weighted by Gasteiger charge is -2.62. The van der Waals surface area contributed by atoms with Gasteiger partial charge in [0, 0.05) is 17.8 Å². The van der Waals surface area contributed by atoms with E-state index in [0.717, 1.165) is 44.9 Å². The predicted molar refractivity (Wildman–Crippen MR) is 95.0 cm³/mol. The second-order valence-corrected chi connectivity index (χ2v) is 9.90. The van der Waals surface area contributed by atoms with Crippen LogP contribution in [0.15, 0.2) is 0 Å². The number of ketones is 1. The maximum atomic E-state index is 12.6. The van der Waals surface area contributed by atoms with Crippen molar-refractivity contribution >= 4 is 5.78 Å². The van der Waals surface area contributed by atoms with Crippen molar-refractivity contribution in [2.45, 2.75) is 71.8 Å². The lowest BCUT2D eigenvalue weighted by molar-refractivity contribution is -0.156. The Bertz CT molecular complexity index is 589. The SMILES string of the molecule is C#CC1CC2CC(O)C(C)C[C@]2(C)[C@@H]2CC[C@]3(C)C(=O)CC[C@H]3[C@H]12. The highest BCUT2D eigenvalue weighted by Crippen LogP contribution is 2.67. The van der Waals surface area contributed by atoms with E-state index in [1.54, 1.807) is 0 Å². The highest BCUT2D eigenvalue weighted by atomic mass is 16.3. The lowest BCUT2D eigenvalue weighted by Crippen LogP contribution is -2.57. The Morgan fingerprint density at radius 1 is 1.21 bits per heavy atom. The summed E-state index contributed by atoms with van der Waals surface area (Å²) >= 11 is 0. The molecule has 2 nitrogen and oxygen atoms in total. The van der Waals surface area contributed by atoms with Crippen LogP contribution in [0.25, 0.3) is 0 Å². The number of aliphatic hydroxyl groups excluding tert-OH is 1. The van der Waals surface area contributed by atoms with Crippen LogP contribution >= 0.6 is 0 Å². The van der Waals surface area contributed by atoms with Crippen molar-refractivity contribution in [1.82, 2.24) is 0 Å². The highest BCUT2D eigenvalue weighted by Gasteiger charge is 2.62. The molecule has 1 N–H and O–H groups in total. The van der Waals surface area contributed by atoms with Gasteiger partial charge in [0.15, 0.2) is 0 Å². The number of fused-ring (bicyclic) bond motifs is 5. The van der Waals surface area contributed by atoms with Crippen LogP contribution in [0, 0.1) is 58.7 Å². The standard InChI is InChI=1S/C22H32O2/c1-5-14-10-15-11-18(23)13(2)12-22(15,4)17-8-9-21(3)16(20(14)17)6-7-19(21)24/h1,13-18,20,23H,6-12H2,2-4H3/t13?,14?,15?,16-,17+,18?,20-,21-,22-/m0/s1. The third-order valence-corrected chi connectivity index (χ3v) is 8.98. The zero-order chi connectivity index (χ0) is 17.3. The molecule has 4 fully saturated rings. The summed E-state index contributed by atoms with van der Waals surface area (Å²) in [5.74, 6) is 6.49. The van der Waals surface area contributed by atoms with Crippen LogP contribution in [0.5, 0.6) is 0 Å². The maximum Gasteiger partial charge on any atom is 0.139 e. The summed E-state index contributed by atoms with van der Waals surface area (Å²) < 4.78 is 0. The highest BCUT2D eigenvalue weighted by molar-refractivity contribution is 5.87. The van der Waals surface area contributed by atoms with Gasteiger partial charge in [0.25, 0.3) is 0 Å². The van der Waals surface area contributed by atoms with Crippen molar-refractivity contribution in [3.05, 3.63) is 0 Å². The Morgan fingerprint density at radius 3 is 2.67 bits per heavy atom. The molecule has 4 aliphatic carbocycles. The van der Waals surface area contributed by atoms with Gasteiger partial charge in [0.2, 0.25) is 0 Å². The molecule has 0 bridgehead atoms. The van der Waals surface area contributed by atoms with Crippen LogP contribution in [0.1, 0.15) is 65.7 Å². The summed E-state index contributed by atoms with van der Waals surface area (Å²) in [6.45, 7) is 6.91. The van der Waals surface area contributed by atoms with E-state index in [-0.39, 0.29) is 11.5 Å². The minimum absolute atomic E-state index is 0.112. The molecule has 132 valence electrons. The number of hydrogen-bond acceptors (Lipinski definition) is 2. The Kier molecular flexibility index (Phi) is 3.70. The molecule has 4 rings (SSSR count). The van der Waals surface area contributed by atoms with E-state index >= 15 is 0 Å². The Morgan fingerprint density at radius 2 is 1.96 bits per heavy atom. The third-order valence-electron chi connectivity index (χ3n) is 8.98. The smallest absolute Gasteiger partial charge is 0.139 e. The van der Waals surface area contributed by atoms with Crippen LogP contribution in [-0.2, 0) is 4.79 Å². The molecule has 0 saturated heterocycles. The molecule has 4 unspecified atom stereocenters. The van der Waals surface area contributed by atoms with Gasteiger partial charge in [-0.15, -0.1) is 12.3 Å². The van der Waals surface area contributed by atoms with Crippen LogP contribution < -0.4 is 0 Å². The van der Waals surface area contributed by atoms with E-state index < -0.39 is 0 Å². The van der Waals surface area contributed by atoms with E-state index in [4.69, 9.17) is 6.42 Å². The summed E-state index contributed by atoms with van der Waals surface area (Å²) in [4.78, 5) is 12.6. The van der Waals surface area contributed by atoms with Gasteiger partial charge in [0.1, 0.15) is 5.78 Å². The lowest BCUT2D eigenvalue weighted by atomic mass is 9.42. The minimum atomic E-state index is -0.167. The van der Waals surface area contributed by atoms with E-state index in [1.165, 1.54) is 0 Å². The van der Waals surface area contributed by atoms with Crippen molar-refractivity contribution in [2.75, 3.05) is 0 Å². The molecule has 0 amide bonds. The van der Waals surface area contributed by atoms with Crippen LogP contribution in [-0.4, -0.2) is 17.0 Å². The number of terminal acetylenes is 1. The normalized spacial score (nSPS) is 56.8. The summed E-state index contributed by atoms with van der Waals surface area (Å²) in [7, 11) is 0. The van der Waals surface area contributed by atoms with Gasteiger partial charge in [-0.2, -0.15) is 0 Å². The zero-order valence-corrected chi connectivity index (χ0v) is 15.4. The van der Waals surface area contributed by atoms with Gasteiger partial charge in [0.05, 0.1) is 6.10 Å². The average molecular weight is 328 g/mol. The van der Waals surface area contributed by atoms with E-state index in [0.29, 0.717) is 46.7 Å². The molecular weight excluding hydrogens is 296 g/mol. The molecule has 4 saturated carbocycles.